The maximum atomic E-state index is 11.9. The Bertz CT molecular complexity index is 771. The zero-order valence-electron chi connectivity index (χ0n) is 18.9. The van der Waals surface area contributed by atoms with E-state index in [-0.39, 0.29) is 12.5 Å². The van der Waals surface area contributed by atoms with Crippen molar-refractivity contribution in [1.29, 1.82) is 0 Å². The van der Waals surface area contributed by atoms with Gasteiger partial charge in [-0.05, 0) is 76.8 Å². The number of carbonyl (C=O) groups is 2. The Morgan fingerprint density at radius 1 is 1.32 bits per heavy atom. The van der Waals surface area contributed by atoms with Crippen LogP contribution in [0.15, 0.2) is 12.1 Å². The second-order valence-corrected chi connectivity index (χ2v) is 9.74. The summed E-state index contributed by atoms with van der Waals surface area (Å²) in [6.07, 6.45) is 6.78. The molecule has 1 saturated carbocycles. The number of carbonyl (C=O) groups excluding carboxylic acids is 1. The molecule has 3 rings (SSSR count). The number of carboxylic acids is 1. The summed E-state index contributed by atoms with van der Waals surface area (Å²) in [5.41, 5.74) is 2.04. The monoisotopic (exact) mass is 432 g/mol. The van der Waals surface area contributed by atoms with Crippen LogP contribution in [0.3, 0.4) is 0 Å². The van der Waals surface area contributed by atoms with E-state index in [0.29, 0.717) is 12.5 Å². The molecule has 172 valence electrons. The van der Waals surface area contributed by atoms with Crippen molar-refractivity contribution >= 4 is 17.8 Å². The van der Waals surface area contributed by atoms with E-state index in [0.717, 1.165) is 50.2 Å². The second kappa shape index (κ2) is 10.3. The second-order valence-electron chi connectivity index (χ2n) is 9.74. The van der Waals surface area contributed by atoms with Gasteiger partial charge in [0, 0.05) is 30.8 Å². The number of fused-ring (bicyclic) bond motifs is 1. The van der Waals surface area contributed by atoms with Gasteiger partial charge in [-0.15, -0.1) is 0 Å². The molecule has 1 unspecified atom stereocenters. The minimum absolute atomic E-state index is 0.181. The molecule has 4 N–H and O–H groups in total. The van der Waals surface area contributed by atoms with Gasteiger partial charge in [-0.25, -0.2) is 14.6 Å². The number of amides is 2. The highest BCUT2D eigenvalue weighted by Crippen LogP contribution is 2.34. The van der Waals surface area contributed by atoms with Gasteiger partial charge in [-0.2, -0.15) is 0 Å². The van der Waals surface area contributed by atoms with E-state index in [1.54, 1.807) is 0 Å². The van der Waals surface area contributed by atoms with E-state index in [1.807, 2.05) is 20.8 Å². The average molecular weight is 433 g/mol. The highest BCUT2D eigenvalue weighted by molar-refractivity contribution is 5.82. The van der Waals surface area contributed by atoms with Gasteiger partial charge in [0.2, 0.25) is 0 Å². The van der Waals surface area contributed by atoms with Crippen molar-refractivity contribution < 1.29 is 19.4 Å². The quantitative estimate of drug-likeness (QED) is 0.477. The maximum Gasteiger partial charge on any atom is 0.326 e. The zero-order valence-corrected chi connectivity index (χ0v) is 18.9. The van der Waals surface area contributed by atoms with E-state index >= 15 is 0 Å². The van der Waals surface area contributed by atoms with E-state index in [4.69, 9.17) is 9.72 Å². The van der Waals surface area contributed by atoms with E-state index in [1.165, 1.54) is 12.0 Å². The number of carboxylic acid groups (broad SMARTS) is 1. The molecule has 0 aromatic carbocycles. The first kappa shape index (κ1) is 23.3. The number of anilines is 1. The van der Waals surface area contributed by atoms with Gasteiger partial charge >= 0.3 is 12.0 Å². The number of urea groups is 1. The number of rotatable bonds is 9. The fourth-order valence-electron chi connectivity index (χ4n) is 4.05. The molecule has 8 heteroatoms. The summed E-state index contributed by atoms with van der Waals surface area (Å²) in [6.45, 7) is 6.86. The number of nitrogens with zero attached hydrogens (tertiary/aromatic N) is 1. The van der Waals surface area contributed by atoms with Crippen molar-refractivity contribution in [3.63, 3.8) is 0 Å². The van der Waals surface area contributed by atoms with Crippen LogP contribution in [0.5, 0.6) is 0 Å². The Morgan fingerprint density at radius 2 is 2.10 bits per heavy atom. The standard InChI is InChI=1S/C23H36N4O4/c1-23(2,3)27-22(30)26-19(21(28)29)10-12-31-18-13-15(14-18)6-8-17-9-7-16-5-4-11-24-20(16)25-17/h7,9,15,18-19H,4-6,8,10-14H2,1-3H3,(H,24,25)(H,28,29)(H2,26,27,30)/t15-,18-,19?. The minimum atomic E-state index is -1.05. The van der Waals surface area contributed by atoms with Crippen molar-refractivity contribution in [1.82, 2.24) is 15.6 Å². The van der Waals surface area contributed by atoms with Gasteiger partial charge in [0.25, 0.3) is 0 Å². The van der Waals surface area contributed by atoms with Gasteiger partial charge in [-0.3, -0.25) is 0 Å². The number of hydrogen-bond acceptors (Lipinski definition) is 5. The first-order valence-electron chi connectivity index (χ1n) is 11.4. The van der Waals surface area contributed by atoms with Gasteiger partial charge in [0.1, 0.15) is 11.9 Å². The van der Waals surface area contributed by atoms with Crippen LogP contribution in [-0.4, -0.2) is 52.9 Å². The number of hydrogen-bond donors (Lipinski definition) is 4. The summed E-state index contributed by atoms with van der Waals surface area (Å²) < 4.78 is 5.84. The van der Waals surface area contributed by atoms with E-state index in [9.17, 15) is 14.7 Å². The van der Waals surface area contributed by atoms with Crippen LogP contribution in [0, 0.1) is 5.92 Å². The highest BCUT2D eigenvalue weighted by atomic mass is 16.5. The summed E-state index contributed by atoms with van der Waals surface area (Å²) in [5, 5.41) is 18.0. The average Bonchev–Trinajstić information content (AvgIpc) is 2.66. The number of pyridine rings is 1. The molecule has 0 spiro atoms. The smallest absolute Gasteiger partial charge is 0.326 e. The lowest BCUT2D eigenvalue weighted by atomic mass is 9.79. The highest BCUT2D eigenvalue weighted by Gasteiger charge is 2.30. The topological polar surface area (TPSA) is 113 Å². The molecule has 0 radical (unpaired) electrons. The number of aliphatic carboxylic acids is 1. The SMILES string of the molecule is CC(C)(C)NC(=O)NC(CCO[C@H]1C[C@H](CCc2ccc3c(n2)NCCC3)C1)C(=O)O. The first-order chi connectivity index (χ1) is 14.7. The van der Waals surface area contributed by atoms with Crippen LogP contribution >= 0.6 is 0 Å². The van der Waals surface area contributed by atoms with E-state index in [2.05, 4.69) is 28.1 Å². The molecule has 1 fully saturated rings. The van der Waals surface area contributed by atoms with Crippen molar-refractivity contribution in [2.24, 2.45) is 5.92 Å². The Labute approximate surface area is 184 Å². The number of aromatic nitrogens is 1. The molecule has 0 saturated heterocycles. The molecule has 0 bridgehead atoms. The number of ether oxygens (including phenoxy) is 1. The van der Waals surface area contributed by atoms with Gasteiger partial charge in [-0.1, -0.05) is 6.07 Å². The molecule has 1 atom stereocenters. The van der Waals surface area contributed by atoms with Crippen LogP contribution in [0.1, 0.15) is 64.1 Å². The lowest BCUT2D eigenvalue weighted by Crippen LogP contribution is -2.52. The van der Waals surface area contributed by atoms with Gasteiger partial charge in [0.05, 0.1) is 6.10 Å². The largest absolute Gasteiger partial charge is 0.480 e. The normalized spacial score (nSPS) is 21.3. The van der Waals surface area contributed by atoms with Crippen LogP contribution in [-0.2, 0) is 22.4 Å². The lowest BCUT2D eigenvalue weighted by molar-refractivity contribution is -0.140. The van der Waals surface area contributed by atoms with Gasteiger partial charge < -0.3 is 25.8 Å². The van der Waals surface area contributed by atoms with Crippen molar-refractivity contribution in [3.8, 4) is 0 Å². The molecule has 2 aliphatic rings. The van der Waals surface area contributed by atoms with Crippen LogP contribution in [0.2, 0.25) is 0 Å². The molecule has 31 heavy (non-hydrogen) atoms. The fourth-order valence-corrected chi connectivity index (χ4v) is 4.05. The summed E-state index contributed by atoms with van der Waals surface area (Å²) >= 11 is 0. The third-order valence-electron chi connectivity index (χ3n) is 5.81. The molecule has 1 aromatic rings. The molecule has 1 aliphatic carbocycles. The van der Waals surface area contributed by atoms with Crippen LogP contribution in [0.25, 0.3) is 0 Å². The Hall–Kier alpha value is -2.35. The Morgan fingerprint density at radius 3 is 2.81 bits per heavy atom. The summed E-state index contributed by atoms with van der Waals surface area (Å²) in [7, 11) is 0. The van der Waals surface area contributed by atoms with Crippen molar-refractivity contribution in [2.75, 3.05) is 18.5 Å². The summed E-state index contributed by atoms with van der Waals surface area (Å²) in [4.78, 5) is 28.1. The predicted molar refractivity (Wildman–Crippen MR) is 119 cm³/mol. The van der Waals surface area contributed by atoms with E-state index < -0.39 is 23.6 Å². The molecular weight excluding hydrogens is 396 g/mol. The summed E-state index contributed by atoms with van der Waals surface area (Å²) in [5.74, 6) is 0.629. The van der Waals surface area contributed by atoms with Gasteiger partial charge in [0.15, 0.2) is 0 Å². The van der Waals surface area contributed by atoms with Crippen LogP contribution in [0.4, 0.5) is 10.6 Å². The predicted octanol–water partition coefficient (Wildman–Crippen LogP) is 3.11. The summed E-state index contributed by atoms with van der Waals surface area (Å²) in [6, 6.07) is 2.91. The third kappa shape index (κ3) is 7.38. The molecule has 2 amide bonds. The molecule has 8 nitrogen and oxygen atoms in total. The maximum absolute atomic E-state index is 11.9. The van der Waals surface area contributed by atoms with Crippen molar-refractivity contribution in [2.45, 2.75) is 83.4 Å². The number of nitrogens with one attached hydrogen (secondary N) is 3. The first-order valence-corrected chi connectivity index (χ1v) is 11.4. The molecule has 2 heterocycles. The number of aryl methyl sites for hydroxylation is 2. The fraction of sp³-hybridized carbons (Fsp3) is 0.696. The molecule has 1 aliphatic heterocycles. The molecule has 1 aromatic heterocycles. The van der Waals surface area contributed by atoms with Crippen LogP contribution < -0.4 is 16.0 Å². The zero-order chi connectivity index (χ0) is 22.4. The molecular formula is C23H36N4O4. The van der Waals surface area contributed by atoms with Crippen molar-refractivity contribution in [3.05, 3.63) is 23.4 Å². The Balaban J connectivity index is 1.31. The Kier molecular flexibility index (Phi) is 7.75. The lowest BCUT2D eigenvalue weighted by Gasteiger charge is -2.35. The minimum Gasteiger partial charge on any atom is -0.480 e. The third-order valence-corrected chi connectivity index (χ3v) is 5.81.